The molecule has 0 atom stereocenters. The predicted molar refractivity (Wildman–Crippen MR) is 95.7 cm³/mol. The van der Waals surface area contributed by atoms with Crippen LogP contribution in [0.5, 0.6) is 0 Å². The van der Waals surface area contributed by atoms with Crippen LogP contribution in [0.4, 0.5) is 11.6 Å². The maximum Gasteiger partial charge on any atom is 0.178 e. The minimum atomic E-state index is -0.0941. The van der Waals surface area contributed by atoms with E-state index in [4.69, 9.17) is 5.10 Å². The Labute approximate surface area is 146 Å². The number of aromatic nitrogens is 6. The molecule has 0 amide bonds. The second kappa shape index (κ2) is 5.94. The molecule has 3 aromatic heterocycles. The van der Waals surface area contributed by atoms with Crippen molar-refractivity contribution in [3.05, 3.63) is 36.5 Å². The van der Waals surface area contributed by atoms with E-state index in [-0.39, 0.29) is 5.41 Å². The van der Waals surface area contributed by atoms with Crippen molar-refractivity contribution in [3.8, 4) is 0 Å². The Morgan fingerprint density at radius 1 is 1.16 bits per heavy atom. The summed E-state index contributed by atoms with van der Waals surface area (Å²) in [6.07, 6.45) is 5.11. The fraction of sp³-hybridized carbons (Fsp3) is 0.471. The molecule has 25 heavy (non-hydrogen) atoms. The summed E-state index contributed by atoms with van der Waals surface area (Å²) in [4.78, 5) is 10.6. The third-order valence-corrected chi connectivity index (χ3v) is 4.34. The summed E-state index contributed by atoms with van der Waals surface area (Å²) in [7, 11) is 0. The van der Waals surface area contributed by atoms with Crippen molar-refractivity contribution in [2.45, 2.75) is 26.2 Å². The van der Waals surface area contributed by atoms with E-state index in [1.807, 2.05) is 16.6 Å². The zero-order chi connectivity index (χ0) is 17.4. The fourth-order valence-electron chi connectivity index (χ4n) is 2.94. The molecular weight excluding hydrogens is 316 g/mol. The molecule has 3 aromatic rings. The molecule has 4 rings (SSSR count). The Morgan fingerprint density at radius 2 is 2.00 bits per heavy atom. The first-order valence-electron chi connectivity index (χ1n) is 8.48. The number of hydrogen-bond acceptors (Lipinski definition) is 7. The lowest BCUT2D eigenvalue weighted by Crippen LogP contribution is -2.50. The second-order valence-corrected chi connectivity index (χ2v) is 7.48. The number of nitrogens with one attached hydrogen (secondary N) is 1. The van der Waals surface area contributed by atoms with Gasteiger partial charge in [0.25, 0.3) is 0 Å². The average molecular weight is 338 g/mol. The monoisotopic (exact) mass is 338 g/mol. The highest BCUT2D eigenvalue weighted by Gasteiger charge is 2.29. The van der Waals surface area contributed by atoms with Crippen LogP contribution in [-0.4, -0.2) is 49.4 Å². The highest BCUT2D eigenvalue weighted by atomic mass is 15.4. The van der Waals surface area contributed by atoms with Gasteiger partial charge in [-0.25, -0.2) is 4.98 Å². The lowest BCUT2D eigenvalue weighted by Gasteiger charge is -2.40. The molecule has 8 nitrogen and oxygen atoms in total. The van der Waals surface area contributed by atoms with Gasteiger partial charge >= 0.3 is 0 Å². The first-order valence-corrected chi connectivity index (χ1v) is 8.48. The van der Waals surface area contributed by atoms with Gasteiger partial charge in [0.1, 0.15) is 11.6 Å². The number of rotatable bonds is 4. The number of fused-ring (bicyclic) bond motifs is 1. The molecule has 0 radical (unpaired) electrons. The van der Waals surface area contributed by atoms with E-state index >= 15 is 0 Å². The summed E-state index contributed by atoms with van der Waals surface area (Å²) in [5.41, 5.74) is 0.693. The van der Waals surface area contributed by atoms with Gasteiger partial charge in [0.15, 0.2) is 11.5 Å². The number of anilines is 2. The molecule has 130 valence electrons. The van der Waals surface area contributed by atoms with Crippen molar-refractivity contribution in [1.82, 2.24) is 29.8 Å². The first kappa shape index (κ1) is 15.7. The van der Waals surface area contributed by atoms with Crippen LogP contribution in [0.25, 0.3) is 5.65 Å². The third-order valence-electron chi connectivity index (χ3n) is 4.34. The minimum Gasteiger partial charge on any atom is -0.368 e. The van der Waals surface area contributed by atoms with Gasteiger partial charge in [-0.2, -0.15) is 4.52 Å². The molecule has 0 spiro atoms. The summed E-state index contributed by atoms with van der Waals surface area (Å²) >= 11 is 0. The van der Waals surface area contributed by atoms with Crippen LogP contribution < -0.4 is 10.2 Å². The molecular formula is C17H22N8. The third kappa shape index (κ3) is 3.11. The molecule has 4 heterocycles. The smallest absolute Gasteiger partial charge is 0.178 e. The second-order valence-electron chi connectivity index (χ2n) is 7.48. The summed E-state index contributed by atoms with van der Waals surface area (Å²) in [5, 5.41) is 16.6. The van der Waals surface area contributed by atoms with Crippen LogP contribution in [0.3, 0.4) is 0 Å². The lowest BCUT2D eigenvalue weighted by atomic mass is 9.96. The van der Waals surface area contributed by atoms with E-state index in [0.29, 0.717) is 5.92 Å². The largest absolute Gasteiger partial charge is 0.368 e. The number of nitrogens with zero attached hydrogens (tertiary/aromatic N) is 7. The van der Waals surface area contributed by atoms with Gasteiger partial charge in [-0.1, -0.05) is 20.8 Å². The molecule has 0 bridgehead atoms. The van der Waals surface area contributed by atoms with Gasteiger partial charge in [0.05, 0.1) is 6.20 Å². The SMILES string of the molecule is CC(C)(C)c1nnc2ccc(N3CC(CNc4cnccn4)C3)nn12. The molecule has 1 fully saturated rings. The van der Waals surface area contributed by atoms with E-state index in [9.17, 15) is 0 Å². The van der Waals surface area contributed by atoms with Gasteiger partial charge < -0.3 is 10.2 Å². The quantitative estimate of drug-likeness (QED) is 0.776. The van der Waals surface area contributed by atoms with Gasteiger partial charge in [-0.3, -0.25) is 4.98 Å². The average Bonchev–Trinajstić information content (AvgIpc) is 2.98. The van der Waals surface area contributed by atoms with E-state index < -0.39 is 0 Å². The molecule has 8 heteroatoms. The Morgan fingerprint density at radius 3 is 2.72 bits per heavy atom. The van der Waals surface area contributed by atoms with E-state index in [0.717, 1.165) is 42.7 Å². The van der Waals surface area contributed by atoms with Crippen molar-refractivity contribution in [3.63, 3.8) is 0 Å². The van der Waals surface area contributed by atoms with Crippen LogP contribution in [-0.2, 0) is 5.41 Å². The van der Waals surface area contributed by atoms with Gasteiger partial charge in [-0.15, -0.1) is 15.3 Å². The number of hydrogen-bond donors (Lipinski definition) is 1. The zero-order valence-electron chi connectivity index (χ0n) is 14.7. The predicted octanol–water partition coefficient (Wildman–Crippen LogP) is 1.76. The molecule has 1 saturated heterocycles. The van der Waals surface area contributed by atoms with Crippen LogP contribution >= 0.6 is 0 Å². The van der Waals surface area contributed by atoms with Gasteiger partial charge in [-0.05, 0) is 12.1 Å². The van der Waals surface area contributed by atoms with Crippen LogP contribution in [0.15, 0.2) is 30.7 Å². The molecule has 0 aliphatic carbocycles. The Hall–Kier alpha value is -2.77. The summed E-state index contributed by atoms with van der Waals surface area (Å²) < 4.78 is 1.86. The topological polar surface area (TPSA) is 84.1 Å². The fourth-order valence-corrected chi connectivity index (χ4v) is 2.94. The maximum atomic E-state index is 4.75. The van der Waals surface area contributed by atoms with Crippen LogP contribution in [0, 0.1) is 5.92 Å². The van der Waals surface area contributed by atoms with Crippen molar-refractivity contribution in [1.29, 1.82) is 0 Å². The maximum absolute atomic E-state index is 4.75. The van der Waals surface area contributed by atoms with Crippen molar-refractivity contribution in [2.75, 3.05) is 29.9 Å². The molecule has 0 unspecified atom stereocenters. The van der Waals surface area contributed by atoms with Crippen molar-refractivity contribution >= 4 is 17.3 Å². The van der Waals surface area contributed by atoms with Crippen molar-refractivity contribution in [2.24, 2.45) is 5.92 Å². The van der Waals surface area contributed by atoms with Crippen LogP contribution in [0.2, 0.25) is 0 Å². The zero-order valence-corrected chi connectivity index (χ0v) is 14.7. The van der Waals surface area contributed by atoms with Gasteiger partial charge in [0.2, 0.25) is 0 Å². The van der Waals surface area contributed by atoms with E-state index in [1.54, 1.807) is 18.6 Å². The molecule has 1 N–H and O–H groups in total. The lowest BCUT2D eigenvalue weighted by molar-refractivity contribution is 0.423. The summed E-state index contributed by atoms with van der Waals surface area (Å²) in [5.74, 6) is 3.24. The summed E-state index contributed by atoms with van der Waals surface area (Å²) in [6, 6.07) is 4.00. The van der Waals surface area contributed by atoms with Crippen LogP contribution in [0.1, 0.15) is 26.6 Å². The highest BCUT2D eigenvalue weighted by Crippen LogP contribution is 2.25. The normalized spacial score (nSPS) is 15.4. The van der Waals surface area contributed by atoms with E-state index in [1.165, 1.54) is 0 Å². The molecule has 0 saturated carbocycles. The Balaban J connectivity index is 1.42. The molecule has 0 aromatic carbocycles. The highest BCUT2D eigenvalue weighted by molar-refractivity contribution is 5.48. The summed E-state index contributed by atoms with van der Waals surface area (Å²) in [6.45, 7) is 9.19. The Kier molecular flexibility index (Phi) is 3.74. The minimum absolute atomic E-state index is 0.0941. The van der Waals surface area contributed by atoms with Crippen molar-refractivity contribution < 1.29 is 0 Å². The molecule has 1 aliphatic heterocycles. The standard InChI is InChI=1S/C17H22N8/c1-17(2,3)16-22-21-14-4-5-15(23-25(14)16)24-10-12(11-24)8-20-13-9-18-6-7-19-13/h4-7,9,12H,8,10-11H2,1-3H3,(H,19,20). The van der Waals surface area contributed by atoms with Gasteiger partial charge in [0, 0.05) is 43.4 Å². The Bertz CT molecular complexity index is 861. The van der Waals surface area contributed by atoms with E-state index in [2.05, 4.69) is 51.2 Å². The molecule has 1 aliphatic rings. The first-order chi connectivity index (χ1) is 12.0.